The number of carbonyl (C=O) groups is 1. The maximum atomic E-state index is 13.0. The number of hydrogen-bond donors (Lipinski definition) is 1. The Kier molecular flexibility index (Phi) is 5.69. The summed E-state index contributed by atoms with van der Waals surface area (Å²) in [6.45, 7) is 1.16. The van der Waals surface area contributed by atoms with Crippen LogP contribution in [0.1, 0.15) is 47.4 Å². The van der Waals surface area contributed by atoms with Gasteiger partial charge in [-0.05, 0) is 55.2 Å². The average Bonchev–Trinajstić information content (AvgIpc) is 2.70. The predicted octanol–water partition coefficient (Wildman–Crippen LogP) is 3.62. The first-order valence-electron chi connectivity index (χ1n) is 10.2. The van der Waals surface area contributed by atoms with Crippen LogP contribution in [-0.2, 0) is 19.4 Å². The molecule has 0 atom stereocenters. The lowest BCUT2D eigenvalue weighted by atomic mass is 10.1. The molecule has 2 aromatic carbocycles. The lowest BCUT2D eigenvalue weighted by Crippen LogP contribution is -2.28. The Morgan fingerprint density at radius 2 is 1.86 bits per heavy atom. The molecule has 0 spiro atoms. The van der Waals surface area contributed by atoms with Crippen LogP contribution in [0.4, 0.5) is 4.39 Å². The molecule has 0 bridgehead atoms. The van der Waals surface area contributed by atoms with Gasteiger partial charge in [-0.15, -0.1) is 0 Å². The molecule has 5 nitrogen and oxygen atoms in total. The summed E-state index contributed by atoms with van der Waals surface area (Å²) in [5.74, 6) is 0.338. The van der Waals surface area contributed by atoms with Gasteiger partial charge in [0.25, 0.3) is 11.5 Å². The van der Waals surface area contributed by atoms with Crippen molar-refractivity contribution in [1.29, 1.82) is 0 Å². The number of amides is 1. The predicted molar refractivity (Wildman–Crippen MR) is 111 cm³/mol. The minimum atomic E-state index is -0.272. The highest BCUT2D eigenvalue weighted by Gasteiger charge is 2.14. The Morgan fingerprint density at radius 3 is 2.69 bits per heavy atom. The molecule has 0 aliphatic carbocycles. The molecule has 1 N–H and O–H groups in total. The number of aryl methyl sites for hydroxylation is 1. The molecule has 0 radical (unpaired) electrons. The summed E-state index contributed by atoms with van der Waals surface area (Å²) in [5, 5.41) is 3.43. The molecule has 2 heterocycles. The Labute approximate surface area is 168 Å². The van der Waals surface area contributed by atoms with Crippen LogP contribution in [0, 0.1) is 5.82 Å². The Balaban J connectivity index is 1.51. The first-order chi connectivity index (χ1) is 14.1. The van der Waals surface area contributed by atoms with Crippen molar-refractivity contribution in [2.45, 2.75) is 45.1 Å². The second-order valence-corrected chi connectivity index (χ2v) is 7.51. The molecule has 29 heavy (non-hydrogen) atoms. The SMILES string of the molecule is O=C(NCCc1ccc(F)cc1)c1ccc2c(=O)n3c(nc2c1)CCCCCC3. The summed E-state index contributed by atoms with van der Waals surface area (Å²) in [7, 11) is 0. The lowest BCUT2D eigenvalue weighted by Gasteiger charge is -2.16. The number of aromatic nitrogens is 2. The Morgan fingerprint density at radius 1 is 1.07 bits per heavy atom. The minimum absolute atomic E-state index is 0.0184. The molecule has 1 aliphatic rings. The van der Waals surface area contributed by atoms with E-state index in [0.717, 1.165) is 43.5 Å². The van der Waals surface area contributed by atoms with Gasteiger partial charge in [-0.1, -0.05) is 25.0 Å². The van der Waals surface area contributed by atoms with Gasteiger partial charge in [-0.25, -0.2) is 9.37 Å². The number of fused-ring (bicyclic) bond motifs is 2. The van der Waals surface area contributed by atoms with E-state index in [2.05, 4.69) is 5.32 Å². The summed E-state index contributed by atoms with van der Waals surface area (Å²) in [6, 6.07) is 11.3. The lowest BCUT2D eigenvalue weighted by molar-refractivity contribution is 0.0954. The van der Waals surface area contributed by atoms with Gasteiger partial charge >= 0.3 is 0 Å². The van der Waals surface area contributed by atoms with Crippen LogP contribution in [0.15, 0.2) is 47.3 Å². The van der Waals surface area contributed by atoms with Crippen molar-refractivity contribution in [2.24, 2.45) is 0 Å². The van der Waals surface area contributed by atoms with Gasteiger partial charge in [0.2, 0.25) is 0 Å². The summed E-state index contributed by atoms with van der Waals surface area (Å²) < 4.78 is 14.8. The highest BCUT2D eigenvalue weighted by atomic mass is 19.1. The molecule has 6 heteroatoms. The van der Waals surface area contributed by atoms with E-state index in [-0.39, 0.29) is 17.3 Å². The minimum Gasteiger partial charge on any atom is -0.352 e. The molecule has 0 saturated heterocycles. The first-order valence-corrected chi connectivity index (χ1v) is 10.2. The van der Waals surface area contributed by atoms with E-state index >= 15 is 0 Å². The molecule has 3 aromatic rings. The van der Waals surface area contributed by atoms with Crippen molar-refractivity contribution in [3.05, 3.63) is 75.6 Å². The van der Waals surface area contributed by atoms with Crippen LogP contribution in [-0.4, -0.2) is 22.0 Å². The van der Waals surface area contributed by atoms with E-state index in [1.807, 2.05) is 0 Å². The maximum absolute atomic E-state index is 13.0. The van der Waals surface area contributed by atoms with Crippen LogP contribution in [0.3, 0.4) is 0 Å². The summed E-state index contributed by atoms with van der Waals surface area (Å²) in [5.41, 5.74) is 2.00. The van der Waals surface area contributed by atoms with E-state index in [1.165, 1.54) is 12.1 Å². The van der Waals surface area contributed by atoms with Crippen LogP contribution in [0.5, 0.6) is 0 Å². The van der Waals surface area contributed by atoms with Gasteiger partial charge in [0.1, 0.15) is 11.6 Å². The molecular weight excluding hydrogens is 369 g/mol. The Bertz CT molecular complexity index is 1090. The third-order valence-electron chi connectivity index (χ3n) is 5.44. The normalized spacial score (nSPS) is 14.1. The smallest absolute Gasteiger partial charge is 0.261 e. The summed E-state index contributed by atoms with van der Waals surface area (Å²) >= 11 is 0. The highest BCUT2D eigenvalue weighted by molar-refractivity contribution is 5.97. The topological polar surface area (TPSA) is 64.0 Å². The quantitative estimate of drug-likeness (QED) is 0.736. The largest absolute Gasteiger partial charge is 0.352 e. The van der Waals surface area contributed by atoms with Crippen LogP contribution in [0.2, 0.25) is 0 Å². The number of carbonyl (C=O) groups excluding carboxylic acids is 1. The number of hydrogen-bond acceptors (Lipinski definition) is 3. The molecular formula is C23H24FN3O2. The summed E-state index contributed by atoms with van der Waals surface area (Å²) in [6.07, 6.45) is 5.73. The molecule has 1 aromatic heterocycles. The van der Waals surface area contributed by atoms with Crippen molar-refractivity contribution >= 4 is 16.8 Å². The first kappa shape index (κ1) is 19.3. The molecule has 0 saturated carbocycles. The fourth-order valence-corrected chi connectivity index (χ4v) is 3.81. The fraction of sp³-hybridized carbons (Fsp3) is 0.348. The molecule has 1 amide bonds. The van der Waals surface area contributed by atoms with Gasteiger partial charge < -0.3 is 5.32 Å². The second-order valence-electron chi connectivity index (χ2n) is 7.51. The van der Waals surface area contributed by atoms with Crippen molar-refractivity contribution in [3.8, 4) is 0 Å². The monoisotopic (exact) mass is 393 g/mol. The van der Waals surface area contributed by atoms with Crippen molar-refractivity contribution in [3.63, 3.8) is 0 Å². The zero-order valence-electron chi connectivity index (χ0n) is 16.3. The Hall–Kier alpha value is -3.02. The number of nitrogens with zero attached hydrogens (tertiary/aromatic N) is 2. The number of rotatable bonds is 4. The molecule has 1 aliphatic heterocycles. The molecule has 4 rings (SSSR count). The van der Waals surface area contributed by atoms with E-state index in [4.69, 9.17) is 4.98 Å². The third-order valence-corrected chi connectivity index (χ3v) is 5.44. The summed E-state index contributed by atoms with van der Waals surface area (Å²) in [4.78, 5) is 30.1. The van der Waals surface area contributed by atoms with Crippen molar-refractivity contribution in [2.75, 3.05) is 6.54 Å². The van der Waals surface area contributed by atoms with Crippen LogP contribution >= 0.6 is 0 Å². The van der Waals surface area contributed by atoms with Crippen LogP contribution in [0.25, 0.3) is 10.9 Å². The zero-order valence-corrected chi connectivity index (χ0v) is 16.3. The molecule has 0 fully saturated rings. The number of nitrogens with one attached hydrogen (secondary N) is 1. The average molecular weight is 393 g/mol. The van der Waals surface area contributed by atoms with Gasteiger partial charge in [-0.3, -0.25) is 14.2 Å². The fourth-order valence-electron chi connectivity index (χ4n) is 3.81. The third kappa shape index (κ3) is 4.36. The van der Waals surface area contributed by atoms with E-state index in [9.17, 15) is 14.0 Å². The maximum Gasteiger partial charge on any atom is 0.261 e. The van der Waals surface area contributed by atoms with Gasteiger partial charge in [0.05, 0.1) is 10.9 Å². The molecule has 150 valence electrons. The van der Waals surface area contributed by atoms with Gasteiger partial charge in [0, 0.05) is 25.1 Å². The zero-order chi connectivity index (χ0) is 20.2. The highest BCUT2D eigenvalue weighted by Crippen LogP contribution is 2.16. The van der Waals surface area contributed by atoms with Crippen molar-refractivity contribution in [1.82, 2.24) is 14.9 Å². The number of halogens is 1. The number of benzene rings is 2. The van der Waals surface area contributed by atoms with Gasteiger partial charge in [0.15, 0.2) is 0 Å². The standard InChI is InChI=1S/C23H24FN3O2/c24-18-9-6-16(7-10-18)12-13-25-22(28)17-8-11-19-20(15-17)26-21-5-3-1-2-4-14-27(21)23(19)29/h6-11,15H,1-5,12-14H2,(H,25,28). The second kappa shape index (κ2) is 8.55. The van der Waals surface area contributed by atoms with Gasteiger partial charge in [-0.2, -0.15) is 0 Å². The molecule has 0 unspecified atom stereocenters. The van der Waals surface area contributed by atoms with E-state index in [0.29, 0.717) is 36.0 Å². The van der Waals surface area contributed by atoms with Crippen LogP contribution < -0.4 is 10.9 Å². The van der Waals surface area contributed by atoms with Crippen molar-refractivity contribution < 1.29 is 9.18 Å². The van der Waals surface area contributed by atoms with E-state index < -0.39 is 0 Å². The van der Waals surface area contributed by atoms with E-state index in [1.54, 1.807) is 34.9 Å².